The fourth-order valence-corrected chi connectivity index (χ4v) is 0.859. The van der Waals surface area contributed by atoms with Gasteiger partial charge in [0.25, 0.3) is 0 Å². The second-order valence-electron chi connectivity index (χ2n) is 2.42. The fourth-order valence-electron chi connectivity index (χ4n) is 0.859. The molecule has 1 aromatic rings. The Morgan fingerprint density at radius 1 is 1.38 bits per heavy atom. The Morgan fingerprint density at radius 2 is 1.85 bits per heavy atom. The van der Waals surface area contributed by atoms with Crippen molar-refractivity contribution in [3.8, 4) is 11.5 Å². The summed E-state index contributed by atoms with van der Waals surface area (Å²) in [5.74, 6) is -1.34. The predicted octanol–water partition coefficient (Wildman–Crippen LogP) is 0.467. The molecule has 0 aliphatic heterocycles. The highest BCUT2D eigenvalue weighted by molar-refractivity contribution is 5.91. The Bertz CT molecular complexity index is 325. The molecular formula is C8H9NO4. The van der Waals surface area contributed by atoms with Gasteiger partial charge in [-0.15, -0.1) is 0 Å². The van der Waals surface area contributed by atoms with Gasteiger partial charge in [0, 0.05) is 0 Å². The molecule has 0 radical (unpaired) electrons. The van der Waals surface area contributed by atoms with Gasteiger partial charge in [-0.2, -0.15) is 0 Å². The molecule has 0 saturated carbocycles. The maximum Gasteiger partial charge on any atom is 0.338 e. The summed E-state index contributed by atoms with van der Waals surface area (Å²) >= 11 is 0. The molecule has 0 heterocycles. The average Bonchev–Trinajstić information content (AvgIpc) is 2.12. The number of phenols is 2. The molecule has 13 heavy (non-hydrogen) atoms. The number of rotatable bonds is 1. The van der Waals surface area contributed by atoms with Gasteiger partial charge >= 0.3 is 5.97 Å². The normalized spacial score (nSPS) is 9.62. The number of methoxy groups -OCH3 is 1. The summed E-state index contributed by atoms with van der Waals surface area (Å²) in [6, 6.07) is 2.25. The number of anilines is 1. The number of aromatic hydroxyl groups is 2. The Hall–Kier alpha value is -1.91. The summed E-state index contributed by atoms with van der Waals surface area (Å²) in [6.07, 6.45) is 0. The van der Waals surface area contributed by atoms with Crippen LogP contribution in [0.15, 0.2) is 12.1 Å². The van der Waals surface area contributed by atoms with Crippen LogP contribution in [0.5, 0.6) is 11.5 Å². The zero-order valence-corrected chi connectivity index (χ0v) is 6.94. The van der Waals surface area contributed by atoms with Crippen LogP contribution in [0.2, 0.25) is 0 Å². The molecule has 0 aromatic heterocycles. The van der Waals surface area contributed by atoms with E-state index in [1.807, 2.05) is 0 Å². The smallest absolute Gasteiger partial charge is 0.338 e. The number of carbonyl (C=O) groups excluding carboxylic acids is 1. The van der Waals surface area contributed by atoms with Crippen LogP contribution in [-0.4, -0.2) is 23.3 Å². The summed E-state index contributed by atoms with van der Waals surface area (Å²) in [6.45, 7) is 0. The number of carbonyl (C=O) groups is 1. The first-order chi connectivity index (χ1) is 6.06. The molecule has 1 rings (SSSR count). The highest BCUT2D eigenvalue weighted by atomic mass is 16.5. The molecule has 70 valence electrons. The van der Waals surface area contributed by atoms with E-state index in [2.05, 4.69) is 4.74 Å². The molecule has 0 aliphatic carbocycles. The van der Waals surface area contributed by atoms with Gasteiger partial charge in [-0.1, -0.05) is 0 Å². The molecule has 0 spiro atoms. The molecule has 0 bridgehead atoms. The lowest BCUT2D eigenvalue weighted by Gasteiger charge is -2.04. The summed E-state index contributed by atoms with van der Waals surface area (Å²) < 4.78 is 4.38. The van der Waals surface area contributed by atoms with Crippen molar-refractivity contribution in [2.24, 2.45) is 0 Å². The summed E-state index contributed by atoms with van der Waals surface area (Å²) in [7, 11) is 1.20. The molecule has 0 fully saturated rings. The van der Waals surface area contributed by atoms with Crippen LogP contribution in [0, 0.1) is 0 Å². The number of hydrogen-bond donors (Lipinski definition) is 3. The molecule has 4 N–H and O–H groups in total. The van der Waals surface area contributed by atoms with Crippen LogP contribution in [-0.2, 0) is 4.74 Å². The van der Waals surface area contributed by atoms with Crippen LogP contribution >= 0.6 is 0 Å². The second kappa shape index (κ2) is 3.22. The number of nitrogens with two attached hydrogens (primary N) is 1. The Balaban J connectivity index is 3.20. The topological polar surface area (TPSA) is 92.8 Å². The lowest BCUT2D eigenvalue weighted by molar-refractivity contribution is 0.0600. The zero-order valence-electron chi connectivity index (χ0n) is 6.94. The van der Waals surface area contributed by atoms with Gasteiger partial charge in [-0.05, 0) is 12.1 Å². The monoisotopic (exact) mass is 183 g/mol. The van der Waals surface area contributed by atoms with E-state index >= 15 is 0 Å². The molecule has 1 aromatic carbocycles. The molecular weight excluding hydrogens is 174 g/mol. The van der Waals surface area contributed by atoms with Gasteiger partial charge < -0.3 is 20.7 Å². The van der Waals surface area contributed by atoms with Crippen molar-refractivity contribution in [2.45, 2.75) is 0 Å². The van der Waals surface area contributed by atoms with Gasteiger partial charge in [0.05, 0.1) is 12.7 Å². The first kappa shape index (κ1) is 9.18. The first-order valence-electron chi connectivity index (χ1n) is 3.46. The van der Waals surface area contributed by atoms with Crippen molar-refractivity contribution < 1.29 is 19.7 Å². The van der Waals surface area contributed by atoms with Crippen molar-refractivity contribution in [3.05, 3.63) is 17.7 Å². The summed E-state index contributed by atoms with van der Waals surface area (Å²) in [4.78, 5) is 10.9. The van der Waals surface area contributed by atoms with E-state index in [1.54, 1.807) is 0 Å². The van der Waals surface area contributed by atoms with E-state index in [4.69, 9.17) is 15.9 Å². The number of esters is 1. The minimum absolute atomic E-state index is 0.0479. The van der Waals surface area contributed by atoms with Crippen LogP contribution < -0.4 is 5.73 Å². The van der Waals surface area contributed by atoms with E-state index < -0.39 is 5.97 Å². The van der Waals surface area contributed by atoms with Crippen molar-refractivity contribution >= 4 is 11.7 Å². The van der Waals surface area contributed by atoms with Crippen molar-refractivity contribution in [2.75, 3.05) is 12.8 Å². The molecule has 0 atom stereocenters. The molecule has 0 amide bonds. The fraction of sp³-hybridized carbons (Fsp3) is 0.125. The number of ether oxygens (including phenoxy) is 1. The standard InChI is InChI=1S/C8H9NO4/c1-13-8(12)4-2-5(10)7(9)6(11)3-4/h2-3,10-11H,9H2,1H3. The van der Waals surface area contributed by atoms with E-state index in [9.17, 15) is 4.79 Å². The molecule has 5 heteroatoms. The van der Waals surface area contributed by atoms with Crippen molar-refractivity contribution in [3.63, 3.8) is 0 Å². The third-order valence-electron chi connectivity index (χ3n) is 1.56. The van der Waals surface area contributed by atoms with E-state index in [0.29, 0.717) is 0 Å². The highest BCUT2D eigenvalue weighted by Gasteiger charge is 2.11. The third kappa shape index (κ3) is 1.64. The van der Waals surface area contributed by atoms with Crippen molar-refractivity contribution in [1.29, 1.82) is 0 Å². The highest BCUT2D eigenvalue weighted by Crippen LogP contribution is 2.31. The van der Waals surface area contributed by atoms with Gasteiger partial charge in [-0.25, -0.2) is 4.79 Å². The lowest BCUT2D eigenvalue weighted by atomic mass is 10.2. The van der Waals surface area contributed by atoms with Crippen LogP contribution in [0.25, 0.3) is 0 Å². The zero-order chi connectivity index (χ0) is 10.0. The van der Waals surface area contributed by atoms with Crippen molar-refractivity contribution in [1.82, 2.24) is 0 Å². The first-order valence-corrected chi connectivity index (χ1v) is 3.46. The number of phenolic OH excluding ortho intramolecular Hbond substituents is 2. The minimum atomic E-state index is -0.648. The summed E-state index contributed by atoms with van der Waals surface area (Å²) in [5, 5.41) is 18.3. The number of hydrogen-bond acceptors (Lipinski definition) is 5. The van der Waals surface area contributed by atoms with Crippen LogP contribution in [0.1, 0.15) is 10.4 Å². The Morgan fingerprint density at radius 3 is 2.23 bits per heavy atom. The molecule has 0 unspecified atom stereocenters. The number of nitrogen functional groups attached to an aromatic ring is 1. The lowest BCUT2D eigenvalue weighted by Crippen LogP contribution is -2.01. The van der Waals surface area contributed by atoms with E-state index in [-0.39, 0.29) is 22.7 Å². The molecule has 0 saturated heterocycles. The summed E-state index contributed by atoms with van der Waals surface area (Å²) in [5.41, 5.74) is 5.13. The Kier molecular flexibility index (Phi) is 2.27. The number of benzene rings is 1. The van der Waals surface area contributed by atoms with E-state index in [0.717, 1.165) is 12.1 Å². The quantitative estimate of drug-likeness (QED) is 0.334. The second-order valence-corrected chi connectivity index (χ2v) is 2.42. The SMILES string of the molecule is COC(=O)c1cc(O)c(N)c(O)c1. The third-order valence-corrected chi connectivity index (χ3v) is 1.56. The molecule has 5 nitrogen and oxygen atoms in total. The van der Waals surface area contributed by atoms with Gasteiger partial charge in [0.15, 0.2) is 0 Å². The van der Waals surface area contributed by atoms with Gasteiger partial charge in [0.1, 0.15) is 17.2 Å². The maximum atomic E-state index is 10.9. The van der Waals surface area contributed by atoms with Gasteiger partial charge in [0.2, 0.25) is 0 Å². The van der Waals surface area contributed by atoms with Crippen LogP contribution in [0.3, 0.4) is 0 Å². The van der Waals surface area contributed by atoms with Crippen LogP contribution in [0.4, 0.5) is 5.69 Å². The van der Waals surface area contributed by atoms with Gasteiger partial charge in [-0.3, -0.25) is 0 Å². The van der Waals surface area contributed by atoms with E-state index in [1.165, 1.54) is 7.11 Å². The minimum Gasteiger partial charge on any atom is -0.506 e. The predicted molar refractivity (Wildman–Crippen MR) is 45.5 cm³/mol. The molecule has 0 aliphatic rings. The maximum absolute atomic E-state index is 10.9. The average molecular weight is 183 g/mol. The Labute approximate surface area is 74.4 Å². The largest absolute Gasteiger partial charge is 0.506 e.